The minimum atomic E-state index is -0.335. The van der Waals surface area contributed by atoms with Crippen molar-refractivity contribution < 1.29 is 18.7 Å². The first-order chi connectivity index (χ1) is 15.5. The molecule has 0 spiro atoms. The lowest BCUT2D eigenvalue weighted by Gasteiger charge is -2.35. The highest BCUT2D eigenvalue weighted by molar-refractivity contribution is 6.09. The average molecular weight is 435 g/mol. The number of carbonyl (C=O) groups is 2. The van der Waals surface area contributed by atoms with Gasteiger partial charge in [-0.2, -0.15) is 0 Å². The van der Waals surface area contributed by atoms with Crippen molar-refractivity contribution in [3.63, 3.8) is 0 Å². The van der Waals surface area contributed by atoms with Crippen molar-refractivity contribution in [2.75, 3.05) is 31.6 Å². The fraction of sp³-hybridized carbons (Fsp3) is 0.308. The lowest BCUT2D eigenvalue weighted by Crippen LogP contribution is -2.47. The summed E-state index contributed by atoms with van der Waals surface area (Å²) in [5, 5.41) is 1.73. The molecule has 166 valence electrons. The Hall–Kier alpha value is -3.41. The van der Waals surface area contributed by atoms with E-state index in [0.717, 1.165) is 29.4 Å². The minimum absolute atomic E-state index is 0.0313. The number of hydrogen-bond acceptors (Lipinski definition) is 3. The summed E-state index contributed by atoms with van der Waals surface area (Å²) in [7, 11) is 1.62. The van der Waals surface area contributed by atoms with Gasteiger partial charge in [-0.05, 0) is 61.5 Å². The number of rotatable bonds is 5. The summed E-state index contributed by atoms with van der Waals surface area (Å²) in [4.78, 5) is 30.2. The molecule has 6 heteroatoms. The summed E-state index contributed by atoms with van der Waals surface area (Å²) >= 11 is 0. The Morgan fingerprint density at radius 1 is 1.06 bits per heavy atom. The van der Waals surface area contributed by atoms with Crippen LogP contribution in [0.5, 0.6) is 5.75 Å². The van der Waals surface area contributed by atoms with Crippen LogP contribution in [-0.4, -0.2) is 43.5 Å². The van der Waals surface area contributed by atoms with E-state index in [2.05, 4.69) is 0 Å². The highest BCUT2D eigenvalue weighted by atomic mass is 19.1. The van der Waals surface area contributed by atoms with Crippen molar-refractivity contribution in [2.45, 2.75) is 19.8 Å². The molecule has 0 aromatic heterocycles. The predicted octanol–water partition coefficient (Wildman–Crippen LogP) is 4.89. The predicted molar refractivity (Wildman–Crippen MR) is 124 cm³/mol. The number of piperidine rings is 1. The fourth-order valence-corrected chi connectivity index (χ4v) is 4.48. The van der Waals surface area contributed by atoms with Crippen LogP contribution >= 0.6 is 0 Å². The van der Waals surface area contributed by atoms with Crippen molar-refractivity contribution in [2.24, 2.45) is 5.92 Å². The van der Waals surface area contributed by atoms with E-state index in [4.69, 9.17) is 4.74 Å². The molecule has 0 saturated carbocycles. The van der Waals surface area contributed by atoms with Gasteiger partial charge in [0.25, 0.3) is 5.91 Å². The topological polar surface area (TPSA) is 49.9 Å². The number of hydrogen-bond donors (Lipinski definition) is 0. The van der Waals surface area contributed by atoms with Gasteiger partial charge in [-0.1, -0.05) is 24.3 Å². The molecule has 1 saturated heterocycles. The summed E-state index contributed by atoms with van der Waals surface area (Å²) in [6, 6.07) is 17.2. The molecule has 1 heterocycles. The maximum absolute atomic E-state index is 13.4. The molecule has 5 nitrogen and oxygen atoms in total. The number of fused-ring (bicyclic) bond motifs is 1. The molecule has 0 radical (unpaired) electrons. The third-order valence-corrected chi connectivity index (χ3v) is 6.11. The average Bonchev–Trinajstić information content (AvgIpc) is 2.84. The highest BCUT2D eigenvalue weighted by Gasteiger charge is 2.32. The van der Waals surface area contributed by atoms with Gasteiger partial charge in [0.2, 0.25) is 5.91 Å². The van der Waals surface area contributed by atoms with Crippen LogP contribution in [0.1, 0.15) is 30.1 Å². The van der Waals surface area contributed by atoms with Gasteiger partial charge >= 0.3 is 0 Å². The van der Waals surface area contributed by atoms with E-state index in [-0.39, 0.29) is 23.5 Å². The Morgan fingerprint density at radius 2 is 1.78 bits per heavy atom. The third kappa shape index (κ3) is 4.17. The van der Waals surface area contributed by atoms with Crippen LogP contribution in [0.25, 0.3) is 10.8 Å². The lowest BCUT2D eigenvalue weighted by atomic mass is 9.94. The molecule has 0 aliphatic carbocycles. The zero-order valence-corrected chi connectivity index (χ0v) is 18.4. The van der Waals surface area contributed by atoms with Gasteiger partial charge in [0.05, 0.1) is 13.0 Å². The maximum atomic E-state index is 13.4. The van der Waals surface area contributed by atoms with Gasteiger partial charge in [-0.3, -0.25) is 9.59 Å². The van der Waals surface area contributed by atoms with E-state index < -0.39 is 0 Å². The summed E-state index contributed by atoms with van der Waals surface area (Å²) in [5.41, 5.74) is 1.28. The van der Waals surface area contributed by atoms with E-state index in [1.54, 1.807) is 35.1 Å². The normalized spacial score (nSPS) is 16.1. The number of carbonyl (C=O) groups excluding carboxylic acids is 2. The number of anilines is 1. The first kappa shape index (κ1) is 21.8. The Morgan fingerprint density at radius 3 is 2.47 bits per heavy atom. The molecule has 1 aliphatic rings. The Labute approximate surface area is 187 Å². The molecule has 32 heavy (non-hydrogen) atoms. The molecule has 1 atom stereocenters. The number of nitrogens with zero attached hydrogens (tertiary/aromatic N) is 2. The molecule has 3 aromatic carbocycles. The van der Waals surface area contributed by atoms with Gasteiger partial charge in [0.15, 0.2) is 0 Å². The smallest absolute Gasteiger partial charge is 0.254 e. The highest BCUT2D eigenvalue weighted by Crippen LogP contribution is 2.30. The second-order valence-corrected chi connectivity index (χ2v) is 8.01. The largest absolute Gasteiger partial charge is 0.496 e. The van der Waals surface area contributed by atoms with Crippen LogP contribution in [0.15, 0.2) is 60.7 Å². The quantitative estimate of drug-likeness (QED) is 0.574. The van der Waals surface area contributed by atoms with Crippen molar-refractivity contribution in [1.29, 1.82) is 0 Å². The van der Waals surface area contributed by atoms with Crippen molar-refractivity contribution in [3.05, 3.63) is 72.0 Å². The van der Waals surface area contributed by atoms with Gasteiger partial charge in [0.1, 0.15) is 11.6 Å². The standard InChI is InChI=1S/C26H27FN2O3/c1-3-29(20-12-10-19(27)11-13-20)25(30)18-7-6-16-28(17-18)26(31)23-14-15-24(32-2)22-9-5-4-8-21(22)23/h4-5,8-15,18H,3,6-7,16-17H2,1-2H3. The lowest BCUT2D eigenvalue weighted by molar-refractivity contribution is -0.123. The molecule has 3 aromatic rings. The summed E-state index contributed by atoms with van der Waals surface area (Å²) in [5.74, 6) is -0.00950. The number of benzene rings is 3. The van der Waals surface area contributed by atoms with E-state index in [1.165, 1.54) is 12.1 Å². The summed E-state index contributed by atoms with van der Waals surface area (Å²) in [6.07, 6.45) is 1.49. The van der Waals surface area contributed by atoms with Crippen LogP contribution in [-0.2, 0) is 4.79 Å². The Bertz CT molecular complexity index is 1130. The number of halogens is 1. The Balaban J connectivity index is 1.56. The van der Waals surface area contributed by atoms with E-state index in [9.17, 15) is 14.0 Å². The monoisotopic (exact) mass is 434 g/mol. The second kappa shape index (κ2) is 9.39. The zero-order chi connectivity index (χ0) is 22.7. The molecule has 0 bridgehead atoms. The van der Waals surface area contributed by atoms with Gasteiger partial charge in [-0.25, -0.2) is 4.39 Å². The van der Waals surface area contributed by atoms with Crippen LogP contribution in [0.4, 0.5) is 10.1 Å². The van der Waals surface area contributed by atoms with Crippen LogP contribution in [0.3, 0.4) is 0 Å². The SMILES string of the molecule is CCN(C(=O)C1CCCN(C(=O)c2ccc(OC)c3ccccc23)C1)c1ccc(F)cc1. The van der Waals surface area contributed by atoms with Gasteiger partial charge in [0, 0.05) is 36.3 Å². The second-order valence-electron chi connectivity index (χ2n) is 8.01. The number of methoxy groups -OCH3 is 1. The number of ether oxygens (including phenoxy) is 1. The fourth-order valence-electron chi connectivity index (χ4n) is 4.48. The molecular formula is C26H27FN2O3. The molecule has 4 rings (SSSR count). The van der Waals surface area contributed by atoms with Crippen LogP contribution < -0.4 is 9.64 Å². The minimum Gasteiger partial charge on any atom is -0.496 e. The van der Waals surface area contributed by atoms with E-state index >= 15 is 0 Å². The van der Waals surface area contributed by atoms with Crippen LogP contribution in [0, 0.1) is 11.7 Å². The molecular weight excluding hydrogens is 407 g/mol. The third-order valence-electron chi connectivity index (χ3n) is 6.11. The van der Waals surface area contributed by atoms with Crippen molar-refractivity contribution in [1.82, 2.24) is 4.90 Å². The number of likely N-dealkylation sites (tertiary alicyclic amines) is 1. The van der Waals surface area contributed by atoms with Crippen molar-refractivity contribution in [3.8, 4) is 5.75 Å². The van der Waals surface area contributed by atoms with Gasteiger partial charge in [-0.15, -0.1) is 0 Å². The first-order valence-electron chi connectivity index (χ1n) is 11.0. The molecule has 0 N–H and O–H groups in total. The van der Waals surface area contributed by atoms with Gasteiger partial charge < -0.3 is 14.5 Å². The number of amides is 2. The maximum Gasteiger partial charge on any atom is 0.254 e. The Kier molecular flexibility index (Phi) is 6.40. The van der Waals surface area contributed by atoms with Crippen molar-refractivity contribution >= 4 is 28.3 Å². The summed E-state index contributed by atoms with van der Waals surface area (Å²) in [6.45, 7) is 3.37. The molecule has 1 aliphatic heterocycles. The first-order valence-corrected chi connectivity index (χ1v) is 11.0. The van der Waals surface area contributed by atoms with E-state index in [1.807, 2.05) is 37.3 Å². The molecule has 2 amide bonds. The summed E-state index contributed by atoms with van der Waals surface area (Å²) < 4.78 is 18.8. The molecule has 1 unspecified atom stereocenters. The zero-order valence-electron chi connectivity index (χ0n) is 18.4. The van der Waals surface area contributed by atoms with E-state index in [0.29, 0.717) is 30.9 Å². The molecule has 1 fully saturated rings. The van der Waals surface area contributed by atoms with Crippen LogP contribution in [0.2, 0.25) is 0 Å².